The normalized spacial score (nSPS) is 32.9. The van der Waals surface area contributed by atoms with Crippen molar-refractivity contribution in [3.8, 4) is 6.07 Å². The molecule has 0 aliphatic carbocycles. The first-order valence-electron chi connectivity index (χ1n) is 5.64. The van der Waals surface area contributed by atoms with Crippen LogP contribution in [0.2, 0.25) is 0 Å². The summed E-state index contributed by atoms with van der Waals surface area (Å²) in [5.74, 6) is 0.369. The summed E-state index contributed by atoms with van der Waals surface area (Å²) in [7, 11) is 0. The highest BCUT2D eigenvalue weighted by molar-refractivity contribution is 5.82. The van der Waals surface area contributed by atoms with Crippen molar-refractivity contribution in [3.63, 3.8) is 0 Å². The van der Waals surface area contributed by atoms with Gasteiger partial charge in [-0.1, -0.05) is 0 Å². The van der Waals surface area contributed by atoms with Gasteiger partial charge in [-0.2, -0.15) is 5.26 Å². The van der Waals surface area contributed by atoms with E-state index in [4.69, 9.17) is 5.26 Å². The first-order valence-corrected chi connectivity index (χ1v) is 5.64. The van der Waals surface area contributed by atoms with E-state index in [0.29, 0.717) is 12.5 Å². The summed E-state index contributed by atoms with van der Waals surface area (Å²) >= 11 is 0. The van der Waals surface area contributed by atoms with Gasteiger partial charge in [0.1, 0.15) is 0 Å². The molecule has 2 heterocycles. The Hall–Kier alpha value is -1.08. The maximum atomic E-state index is 11.5. The maximum Gasteiger partial charge on any atom is 0.224 e. The maximum absolute atomic E-state index is 11.5. The first kappa shape index (κ1) is 10.4. The van der Waals surface area contributed by atoms with Crippen molar-refractivity contribution >= 4 is 5.91 Å². The van der Waals surface area contributed by atoms with E-state index < -0.39 is 0 Å². The van der Waals surface area contributed by atoms with E-state index in [1.807, 2.05) is 0 Å². The van der Waals surface area contributed by atoms with Crippen LogP contribution in [0.1, 0.15) is 26.2 Å². The first-order chi connectivity index (χ1) is 7.24. The van der Waals surface area contributed by atoms with Crippen LogP contribution in [0.15, 0.2) is 0 Å². The molecule has 2 aliphatic heterocycles. The number of nitrogens with zero attached hydrogens (tertiary/aromatic N) is 2. The number of nitrogens with one attached hydrogen (secondary N) is 1. The molecule has 4 nitrogen and oxygen atoms in total. The number of hydrogen-bond donors (Lipinski definition) is 1. The lowest BCUT2D eigenvalue weighted by Crippen LogP contribution is -2.49. The van der Waals surface area contributed by atoms with Gasteiger partial charge in [0.2, 0.25) is 5.91 Å². The van der Waals surface area contributed by atoms with Gasteiger partial charge in [-0.3, -0.25) is 9.69 Å². The van der Waals surface area contributed by atoms with Crippen molar-refractivity contribution in [1.29, 1.82) is 5.26 Å². The van der Waals surface area contributed by atoms with Crippen molar-refractivity contribution in [1.82, 2.24) is 10.2 Å². The Kier molecular flexibility index (Phi) is 2.92. The Morgan fingerprint density at radius 1 is 1.73 bits per heavy atom. The number of hydrogen-bond acceptors (Lipinski definition) is 3. The zero-order chi connectivity index (χ0) is 10.8. The molecule has 2 rings (SSSR count). The molecule has 1 N–H and O–H groups in total. The molecule has 0 spiro atoms. The zero-order valence-electron chi connectivity index (χ0n) is 9.07. The average Bonchev–Trinajstić information content (AvgIpc) is 2.61. The molecule has 0 aromatic rings. The van der Waals surface area contributed by atoms with Crippen LogP contribution in [-0.4, -0.2) is 36.0 Å². The highest BCUT2D eigenvalue weighted by atomic mass is 16.2. The number of rotatable bonds is 2. The third kappa shape index (κ3) is 1.84. The molecule has 2 saturated heterocycles. The Morgan fingerprint density at radius 2 is 2.53 bits per heavy atom. The summed E-state index contributed by atoms with van der Waals surface area (Å²) < 4.78 is 0. The monoisotopic (exact) mass is 207 g/mol. The summed E-state index contributed by atoms with van der Waals surface area (Å²) in [5, 5.41) is 11.6. The van der Waals surface area contributed by atoms with Crippen LogP contribution in [0.4, 0.5) is 0 Å². The molecule has 15 heavy (non-hydrogen) atoms. The van der Waals surface area contributed by atoms with Gasteiger partial charge < -0.3 is 5.32 Å². The second-order valence-corrected chi connectivity index (χ2v) is 4.51. The molecular weight excluding hydrogens is 190 g/mol. The number of carbonyl (C=O) groups excluding carboxylic acids is 1. The summed E-state index contributed by atoms with van der Waals surface area (Å²) in [5.41, 5.74) is 0. The molecule has 0 aromatic carbocycles. The number of nitriles is 1. The fraction of sp³-hybridized carbons (Fsp3) is 0.818. The topological polar surface area (TPSA) is 56.1 Å². The lowest BCUT2D eigenvalue weighted by molar-refractivity contribution is -0.124. The van der Waals surface area contributed by atoms with Crippen LogP contribution >= 0.6 is 0 Å². The van der Waals surface area contributed by atoms with Gasteiger partial charge >= 0.3 is 0 Å². The number of fused-ring (bicyclic) bond motifs is 1. The molecule has 0 saturated carbocycles. The SMILES string of the molecule is CC(CC#N)N1CCCC2C(=O)NCC21. The second-order valence-electron chi connectivity index (χ2n) is 4.51. The van der Waals surface area contributed by atoms with E-state index in [1.54, 1.807) is 0 Å². The predicted octanol–water partition coefficient (Wildman–Crippen LogP) is 0.499. The van der Waals surface area contributed by atoms with Gasteiger partial charge in [-0.25, -0.2) is 0 Å². The second kappa shape index (κ2) is 4.19. The lowest BCUT2D eigenvalue weighted by atomic mass is 9.90. The average molecular weight is 207 g/mol. The summed E-state index contributed by atoms with van der Waals surface area (Å²) in [6, 6.07) is 2.81. The quantitative estimate of drug-likeness (QED) is 0.717. The van der Waals surface area contributed by atoms with Crippen LogP contribution in [0.5, 0.6) is 0 Å². The predicted molar refractivity (Wildman–Crippen MR) is 55.9 cm³/mol. The zero-order valence-corrected chi connectivity index (χ0v) is 9.07. The van der Waals surface area contributed by atoms with E-state index in [1.165, 1.54) is 0 Å². The van der Waals surface area contributed by atoms with Gasteiger partial charge in [0, 0.05) is 18.6 Å². The molecule has 82 valence electrons. The molecular formula is C11H17N3O. The molecule has 0 aromatic heterocycles. The van der Waals surface area contributed by atoms with E-state index >= 15 is 0 Å². The molecule has 1 amide bonds. The summed E-state index contributed by atoms with van der Waals surface area (Å²) in [4.78, 5) is 13.9. The third-order valence-electron chi connectivity index (χ3n) is 3.60. The fourth-order valence-electron chi connectivity index (χ4n) is 2.78. The van der Waals surface area contributed by atoms with E-state index in [0.717, 1.165) is 25.9 Å². The van der Waals surface area contributed by atoms with E-state index in [-0.39, 0.29) is 17.9 Å². The van der Waals surface area contributed by atoms with Gasteiger partial charge in [-0.15, -0.1) is 0 Å². The van der Waals surface area contributed by atoms with E-state index in [9.17, 15) is 4.79 Å². The van der Waals surface area contributed by atoms with Crippen LogP contribution in [0, 0.1) is 17.2 Å². The standard InChI is InChI=1S/C11H17N3O/c1-8(4-5-12)14-6-2-3-9-10(14)7-13-11(9)15/h8-10H,2-4,6-7H2,1H3,(H,13,15). The Morgan fingerprint density at radius 3 is 3.27 bits per heavy atom. The fourth-order valence-corrected chi connectivity index (χ4v) is 2.78. The largest absolute Gasteiger partial charge is 0.354 e. The van der Waals surface area contributed by atoms with Crippen molar-refractivity contribution in [3.05, 3.63) is 0 Å². The van der Waals surface area contributed by atoms with Crippen molar-refractivity contribution in [2.75, 3.05) is 13.1 Å². The molecule has 3 unspecified atom stereocenters. The molecule has 0 bridgehead atoms. The summed E-state index contributed by atoms with van der Waals surface area (Å²) in [6.07, 6.45) is 2.63. The van der Waals surface area contributed by atoms with Crippen LogP contribution in [0.25, 0.3) is 0 Å². The van der Waals surface area contributed by atoms with Gasteiger partial charge in [0.05, 0.1) is 18.4 Å². The van der Waals surface area contributed by atoms with Crippen LogP contribution < -0.4 is 5.32 Å². The van der Waals surface area contributed by atoms with Crippen LogP contribution in [-0.2, 0) is 4.79 Å². The molecule has 4 heteroatoms. The smallest absolute Gasteiger partial charge is 0.224 e. The molecule has 2 fully saturated rings. The van der Waals surface area contributed by atoms with Crippen molar-refractivity contribution < 1.29 is 4.79 Å². The molecule has 3 atom stereocenters. The Balaban J connectivity index is 2.06. The van der Waals surface area contributed by atoms with E-state index in [2.05, 4.69) is 23.2 Å². The lowest BCUT2D eigenvalue weighted by Gasteiger charge is -2.39. The van der Waals surface area contributed by atoms with Gasteiger partial charge in [0.25, 0.3) is 0 Å². The highest BCUT2D eigenvalue weighted by Crippen LogP contribution is 2.29. The van der Waals surface area contributed by atoms with Crippen LogP contribution in [0.3, 0.4) is 0 Å². The van der Waals surface area contributed by atoms with Crippen molar-refractivity contribution in [2.45, 2.75) is 38.3 Å². The molecule has 0 radical (unpaired) electrons. The number of amides is 1. The minimum absolute atomic E-state index is 0.167. The Labute approximate surface area is 90.2 Å². The number of carbonyl (C=O) groups is 1. The third-order valence-corrected chi connectivity index (χ3v) is 3.60. The molecule has 2 aliphatic rings. The number of likely N-dealkylation sites (tertiary alicyclic amines) is 1. The van der Waals surface area contributed by atoms with Gasteiger partial charge in [-0.05, 0) is 26.3 Å². The Bertz CT molecular complexity index is 297. The minimum atomic E-state index is 0.167. The minimum Gasteiger partial charge on any atom is -0.354 e. The summed E-state index contributed by atoms with van der Waals surface area (Å²) in [6.45, 7) is 3.87. The van der Waals surface area contributed by atoms with Crippen molar-refractivity contribution in [2.24, 2.45) is 5.92 Å². The number of piperidine rings is 1. The van der Waals surface area contributed by atoms with Gasteiger partial charge in [0.15, 0.2) is 0 Å². The highest BCUT2D eigenvalue weighted by Gasteiger charge is 2.41.